The fraction of sp³-hybridized carbons (Fsp3) is 0.286. The van der Waals surface area contributed by atoms with E-state index in [-0.39, 0.29) is 0 Å². The van der Waals surface area contributed by atoms with Crippen LogP contribution in [0.25, 0.3) is 16.9 Å². The Kier molecular flexibility index (Phi) is 5.40. The number of rotatable bonds is 7. The molecule has 3 rings (SSSR count). The summed E-state index contributed by atoms with van der Waals surface area (Å²) in [5.41, 5.74) is 3.27. The lowest BCUT2D eigenvalue weighted by atomic mass is 10.1. The Morgan fingerprint density at radius 3 is 2.38 bits per heavy atom. The van der Waals surface area contributed by atoms with E-state index in [9.17, 15) is 5.11 Å². The summed E-state index contributed by atoms with van der Waals surface area (Å²) in [5.74, 6) is 0.818. The van der Waals surface area contributed by atoms with Crippen molar-refractivity contribution in [2.24, 2.45) is 0 Å². The standard InChI is InChI=1S/C21H25N3O2/c1-21(2,25)15-22-13-17-14-24(18-7-5-4-6-8-18)23-20(17)16-9-11-19(26-3)12-10-16/h4-12,14,22,25H,13,15H2,1-3H3. The van der Waals surface area contributed by atoms with Crippen molar-refractivity contribution in [3.8, 4) is 22.7 Å². The maximum Gasteiger partial charge on any atom is 0.118 e. The number of para-hydroxylation sites is 1. The Bertz CT molecular complexity index is 834. The van der Waals surface area contributed by atoms with Gasteiger partial charge in [0.05, 0.1) is 24.1 Å². The molecular weight excluding hydrogens is 326 g/mol. The van der Waals surface area contributed by atoms with Crippen molar-refractivity contribution in [3.05, 3.63) is 66.4 Å². The van der Waals surface area contributed by atoms with E-state index in [1.54, 1.807) is 21.0 Å². The van der Waals surface area contributed by atoms with Crippen molar-refractivity contribution in [1.82, 2.24) is 15.1 Å². The van der Waals surface area contributed by atoms with Gasteiger partial charge in [0.25, 0.3) is 0 Å². The highest BCUT2D eigenvalue weighted by Gasteiger charge is 2.15. The first-order valence-corrected chi connectivity index (χ1v) is 8.68. The molecule has 5 heteroatoms. The molecule has 0 unspecified atom stereocenters. The van der Waals surface area contributed by atoms with Crippen LogP contribution in [0.5, 0.6) is 5.75 Å². The number of hydrogen-bond acceptors (Lipinski definition) is 4. The quantitative estimate of drug-likeness (QED) is 0.685. The number of nitrogens with one attached hydrogen (secondary N) is 1. The molecule has 0 aliphatic carbocycles. The van der Waals surface area contributed by atoms with Gasteiger partial charge in [0, 0.05) is 30.4 Å². The lowest BCUT2D eigenvalue weighted by Crippen LogP contribution is -2.34. The van der Waals surface area contributed by atoms with Gasteiger partial charge >= 0.3 is 0 Å². The third-order valence-electron chi connectivity index (χ3n) is 4.05. The molecule has 136 valence electrons. The minimum absolute atomic E-state index is 0.506. The van der Waals surface area contributed by atoms with Crippen molar-refractivity contribution in [3.63, 3.8) is 0 Å². The van der Waals surface area contributed by atoms with Crippen LogP contribution in [0.3, 0.4) is 0 Å². The molecule has 1 aromatic heterocycles. The summed E-state index contributed by atoms with van der Waals surface area (Å²) >= 11 is 0. The van der Waals surface area contributed by atoms with E-state index in [1.807, 2.05) is 65.5 Å². The van der Waals surface area contributed by atoms with E-state index in [0.717, 1.165) is 28.3 Å². The molecule has 0 bridgehead atoms. The molecule has 5 nitrogen and oxygen atoms in total. The summed E-state index contributed by atoms with van der Waals surface area (Å²) in [6.07, 6.45) is 2.03. The van der Waals surface area contributed by atoms with Crippen LogP contribution >= 0.6 is 0 Å². The minimum Gasteiger partial charge on any atom is -0.497 e. The predicted octanol–water partition coefficient (Wildman–Crippen LogP) is 3.41. The molecule has 0 aliphatic heterocycles. The van der Waals surface area contributed by atoms with E-state index in [4.69, 9.17) is 9.84 Å². The van der Waals surface area contributed by atoms with Gasteiger partial charge in [0.15, 0.2) is 0 Å². The van der Waals surface area contributed by atoms with Crippen molar-refractivity contribution in [2.45, 2.75) is 26.0 Å². The second-order valence-electron chi connectivity index (χ2n) is 6.93. The highest BCUT2D eigenvalue weighted by atomic mass is 16.5. The highest BCUT2D eigenvalue weighted by molar-refractivity contribution is 5.64. The third-order valence-corrected chi connectivity index (χ3v) is 4.05. The maximum absolute atomic E-state index is 9.93. The van der Waals surface area contributed by atoms with Crippen LogP contribution in [-0.2, 0) is 6.54 Å². The molecule has 0 radical (unpaired) electrons. The summed E-state index contributed by atoms with van der Waals surface area (Å²) < 4.78 is 7.14. The number of ether oxygens (including phenoxy) is 1. The maximum atomic E-state index is 9.93. The first-order valence-electron chi connectivity index (χ1n) is 8.68. The largest absolute Gasteiger partial charge is 0.497 e. The minimum atomic E-state index is -0.754. The van der Waals surface area contributed by atoms with Crippen LogP contribution in [0.2, 0.25) is 0 Å². The normalized spacial score (nSPS) is 11.5. The SMILES string of the molecule is COc1ccc(-c2nn(-c3ccccc3)cc2CNCC(C)(C)O)cc1. The molecule has 0 amide bonds. The van der Waals surface area contributed by atoms with Gasteiger partial charge in [-0.05, 0) is 50.2 Å². The van der Waals surface area contributed by atoms with Crippen molar-refractivity contribution >= 4 is 0 Å². The molecule has 2 aromatic carbocycles. The van der Waals surface area contributed by atoms with E-state index in [0.29, 0.717) is 13.1 Å². The van der Waals surface area contributed by atoms with Crippen molar-refractivity contribution in [1.29, 1.82) is 0 Å². The smallest absolute Gasteiger partial charge is 0.118 e. The Balaban J connectivity index is 1.92. The molecule has 0 saturated carbocycles. The molecule has 2 N–H and O–H groups in total. The Hall–Kier alpha value is -2.63. The third kappa shape index (κ3) is 4.50. The van der Waals surface area contributed by atoms with Gasteiger partial charge in [-0.2, -0.15) is 5.10 Å². The molecule has 26 heavy (non-hydrogen) atoms. The van der Waals surface area contributed by atoms with Crippen LogP contribution in [0, 0.1) is 0 Å². The number of methoxy groups -OCH3 is 1. The molecule has 0 atom stereocenters. The van der Waals surface area contributed by atoms with Gasteiger partial charge < -0.3 is 15.2 Å². The predicted molar refractivity (Wildman–Crippen MR) is 104 cm³/mol. The lowest BCUT2D eigenvalue weighted by Gasteiger charge is -2.17. The first kappa shape index (κ1) is 18.2. The van der Waals surface area contributed by atoms with Crippen LogP contribution in [-0.4, -0.2) is 34.1 Å². The second-order valence-corrected chi connectivity index (χ2v) is 6.93. The molecule has 1 heterocycles. The van der Waals surface area contributed by atoms with Crippen LogP contribution in [0.1, 0.15) is 19.4 Å². The fourth-order valence-electron chi connectivity index (χ4n) is 2.75. The Morgan fingerprint density at radius 1 is 1.08 bits per heavy atom. The summed E-state index contributed by atoms with van der Waals surface area (Å²) in [5, 5.41) is 18.0. The van der Waals surface area contributed by atoms with Gasteiger partial charge in [0.2, 0.25) is 0 Å². The summed E-state index contributed by atoms with van der Waals surface area (Å²) in [7, 11) is 1.66. The fourth-order valence-corrected chi connectivity index (χ4v) is 2.75. The molecule has 0 spiro atoms. The van der Waals surface area contributed by atoms with Gasteiger partial charge in [-0.15, -0.1) is 0 Å². The monoisotopic (exact) mass is 351 g/mol. The summed E-state index contributed by atoms with van der Waals surface area (Å²) in [6, 6.07) is 17.9. The van der Waals surface area contributed by atoms with Gasteiger partial charge in [-0.3, -0.25) is 0 Å². The van der Waals surface area contributed by atoms with Gasteiger partial charge in [-0.1, -0.05) is 18.2 Å². The van der Waals surface area contributed by atoms with Crippen LogP contribution in [0.15, 0.2) is 60.8 Å². The summed E-state index contributed by atoms with van der Waals surface area (Å²) in [6.45, 7) is 4.71. The first-order chi connectivity index (χ1) is 12.5. The molecule has 0 saturated heterocycles. The van der Waals surface area contributed by atoms with Crippen LogP contribution in [0.4, 0.5) is 0 Å². The zero-order chi connectivity index (χ0) is 18.6. The van der Waals surface area contributed by atoms with E-state index < -0.39 is 5.60 Å². The molecule has 3 aromatic rings. The van der Waals surface area contributed by atoms with E-state index >= 15 is 0 Å². The van der Waals surface area contributed by atoms with E-state index in [2.05, 4.69) is 5.32 Å². The second kappa shape index (κ2) is 7.72. The topological polar surface area (TPSA) is 59.3 Å². The number of hydrogen-bond donors (Lipinski definition) is 2. The van der Waals surface area contributed by atoms with E-state index in [1.165, 1.54) is 0 Å². The Morgan fingerprint density at radius 2 is 1.77 bits per heavy atom. The van der Waals surface area contributed by atoms with Crippen molar-refractivity contribution < 1.29 is 9.84 Å². The number of benzene rings is 2. The average Bonchev–Trinajstić information content (AvgIpc) is 3.06. The molecular formula is C21H25N3O2. The summed E-state index contributed by atoms with van der Waals surface area (Å²) in [4.78, 5) is 0. The molecule has 0 fully saturated rings. The number of aromatic nitrogens is 2. The van der Waals surface area contributed by atoms with Gasteiger partial charge in [-0.25, -0.2) is 4.68 Å². The zero-order valence-electron chi connectivity index (χ0n) is 15.4. The molecule has 0 aliphatic rings. The number of aliphatic hydroxyl groups is 1. The van der Waals surface area contributed by atoms with Crippen molar-refractivity contribution in [2.75, 3.05) is 13.7 Å². The number of nitrogens with zero attached hydrogens (tertiary/aromatic N) is 2. The van der Waals surface area contributed by atoms with Crippen LogP contribution < -0.4 is 10.1 Å². The Labute approximate surface area is 154 Å². The zero-order valence-corrected chi connectivity index (χ0v) is 15.4. The lowest BCUT2D eigenvalue weighted by molar-refractivity contribution is 0.0795. The highest BCUT2D eigenvalue weighted by Crippen LogP contribution is 2.26. The average molecular weight is 351 g/mol. The van der Waals surface area contributed by atoms with Gasteiger partial charge in [0.1, 0.15) is 5.75 Å².